The smallest absolute Gasteiger partial charge is 0.254 e. The van der Waals surface area contributed by atoms with E-state index in [2.05, 4.69) is 15.5 Å². The molecule has 0 fully saturated rings. The molecule has 2 rings (SSSR count). The summed E-state index contributed by atoms with van der Waals surface area (Å²) in [6.45, 7) is 0. The molecule has 0 radical (unpaired) electrons. The third kappa shape index (κ3) is 1.14. The summed E-state index contributed by atoms with van der Waals surface area (Å²) in [4.78, 5) is 11.4. The first-order valence-corrected chi connectivity index (χ1v) is 4.07. The number of nitrogens with zero attached hydrogens (tertiary/aromatic N) is 1. The number of rotatable bonds is 1. The number of carbonyl (C=O) groups is 1. The Balaban J connectivity index is 2.76. The lowest BCUT2D eigenvalue weighted by atomic mass is 10.1. The third-order valence-corrected chi connectivity index (χ3v) is 2.03. The molecule has 4 nitrogen and oxygen atoms in total. The van der Waals surface area contributed by atoms with Gasteiger partial charge in [-0.1, -0.05) is 0 Å². The molecule has 2 N–H and O–H groups in total. The van der Waals surface area contributed by atoms with Crippen LogP contribution in [-0.2, 0) is 0 Å². The van der Waals surface area contributed by atoms with Crippen LogP contribution < -0.4 is 5.32 Å². The van der Waals surface area contributed by atoms with Gasteiger partial charge in [-0.25, -0.2) is 4.39 Å². The Kier molecular flexibility index (Phi) is 1.92. The van der Waals surface area contributed by atoms with Crippen molar-refractivity contribution in [3.8, 4) is 0 Å². The van der Waals surface area contributed by atoms with E-state index in [0.717, 1.165) is 0 Å². The minimum Gasteiger partial charge on any atom is -0.355 e. The van der Waals surface area contributed by atoms with Crippen LogP contribution in [0.4, 0.5) is 4.39 Å². The fourth-order valence-corrected chi connectivity index (χ4v) is 1.35. The van der Waals surface area contributed by atoms with Gasteiger partial charge >= 0.3 is 0 Å². The van der Waals surface area contributed by atoms with Gasteiger partial charge in [-0.05, 0) is 12.1 Å². The molecule has 0 saturated carbocycles. The first-order chi connectivity index (χ1) is 6.74. The number of fused-ring (bicyclic) bond motifs is 1. The van der Waals surface area contributed by atoms with E-state index >= 15 is 0 Å². The molecule has 0 unspecified atom stereocenters. The highest BCUT2D eigenvalue weighted by atomic mass is 19.1. The summed E-state index contributed by atoms with van der Waals surface area (Å²) in [5.74, 6) is -0.993. The lowest BCUT2D eigenvalue weighted by Crippen LogP contribution is -2.19. The van der Waals surface area contributed by atoms with E-state index in [1.54, 1.807) is 6.07 Å². The zero-order valence-electron chi connectivity index (χ0n) is 7.47. The van der Waals surface area contributed by atoms with Crippen molar-refractivity contribution in [1.82, 2.24) is 15.5 Å². The normalized spacial score (nSPS) is 10.4. The van der Waals surface area contributed by atoms with E-state index in [0.29, 0.717) is 10.9 Å². The van der Waals surface area contributed by atoms with Crippen LogP contribution >= 0.6 is 0 Å². The van der Waals surface area contributed by atoms with Gasteiger partial charge in [0, 0.05) is 12.4 Å². The molecule has 0 atom stereocenters. The molecule has 1 aromatic heterocycles. The first kappa shape index (κ1) is 8.68. The lowest BCUT2D eigenvalue weighted by molar-refractivity contribution is 0.0961. The molecule has 0 aliphatic rings. The molecule has 1 amide bonds. The molecule has 0 aliphatic heterocycles. The Hall–Kier alpha value is -1.91. The van der Waals surface area contributed by atoms with Gasteiger partial charge < -0.3 is 5.32 Å². The van der Waals surface area contributed by atoms with Crippen LogP contribution in [0.15, 0.2) is 18.3 Å². The molecular weight excluding hydrogens is 185 g/mol. The second-order valence-corrected chi connectivity index (χ2v) is 2.83. The average Bonchev–Trinajstić information content (AvgIpc) is 2.64. The molecule has 72 valence electrons. The molecule has 5 heteroatoms. The summed E-state index contributed by atoms with van der Waals surface area (Å²) in [6.07, 6.45) is 1.43. The van der Waals surface area contributed by atoms with Gasteiger partial charge in [-0.3, -0.25) is 9.89 Å². The number of carbonyl (C=O) groups excluding carboxylic acids is 1. The molecule has 1 heterocycles. The van der Waals surface area contributed by atoms with E-state index in [1.807, 2.05) is 0 Å². The number of hydrogen-bond acceptors (Lipinski definition) is 2. The van der Waals surface area contributed by atoms with Crippen LogP contribution in [0.2, 0.25) is 0 Å². The van der Waals surface area contributed by atoms with Crippen molar-refractivity contribution < 1.29 is 9.18 Å². The first-order valence-electron chi connectivity index (χ1n) is 4.07. The summed E-state index contributed by atoms with van der Waals surface area (Å²) >= 11 is 0. The zero-order valence-corrected chi connectivity index (χ0v) is 7.47. The maximum absolute atomic E-state index is 13.3. The minimum absolute atomic E-state index is 0.0266. The summed E-state index contributed by atoms with van der Waals surface area (Å²) < 4.78 is 13.3. The number of aromatic nitrogens is 2. The van der Waals surface area contributed by atoms with Crippen LogP contribution in [0.5, 0.6) is 0 Å². The van der Waals surface area contributed by atoms with Crippen molar-refractivity contribution in [1.29, 1.82) is 0 Å². The summed E-state index contributed by atoms with van der Waals surface area (Å²) in [7, 11) is 1.46. The Morgan fingerprint density at radius 3 is 3.07 bits per heavy atom. The Bertz CT molecular complexity index is 492. The van der Waals surface area contributed by atoms with E-state index in [4.69, 9.17) is 0 Å². The van der Waals surface area contributed by atoms with Crippen molar-refractivity contribution in [3.63, 3.8) is 0 Å². The molecule has 14 heavy (non-hydrogen) atoms. The summed E-state index contributed by atoms with van der Waals surface area (Å²) in [5.41, 5.74) is 0.670. The van der Waals surface area contributed by atoms with E-state index in [9.17, 15) is 9.18 Å². The van der Waals surface area contributed by atoms with Crippen molar-refractivity contribution in [2.45, 2.75) is 0 Å². The molecule has 0 spiro atoms. The number of nitrogens with one attached hydrogen (secondary N) is 2. The number of hydrogen-bond donors (Lipinski definition) is 2. The molecule has 0 bridgehead atoms. The topological polar surface area (TPSA) is 57.8 Å². The predicted octanol–water partition coefficient (Wildman–Crippen LogP) is 1.06. The Morgan fingerprint density at radius 1 is 1.57 bits per heavy atom. The number of aromatic amines is 1. The standard InChI is InChI=1S/C9H8FN3O/c1-11-9(14)8-5-4-12-13-7(5)3-2-6(8)10/h2-4H,1H3,(H,11,14)(H,12,13). The van der Waals surface area contributed by atoms with Gasteiger partial charge in [0.05, 0.1) is 17.3 Å². The maximum Gasteiger partial charge on any atom is 0.254 e. The number of halogens is 1. The largest absolute Gasteiger partial charge is 0.355 e. The van der Waals surface area contributed by atoms with Gasteiger partial charge in [-0.15, -0.1) is 0 Å². The second-order valence-electron chi connectivity index (χ2n) is 2.83. The molecule has 0 aliphatic carbocycles. The number of amides is 1. The van der Waals surface area contributed by atoms with Crippen LogP contribution in [0, 0.1) is 5.82 Å². The Morgan fingerprint density at radius 2 is 2.36 bits per heavy atom. The highest BCUT2D eigenvalue weighted by molar-refractivity contribution is 6.06. The fourth-order valence-electron chi connectivity index (χ4n) is 1.35. The van der Waals surface area contributed by atoms with E-state index in [1.165, 1.54) is 19.3 Å². The summed E-state index contributed by atoms with van der Waals surface area (Å²) in [6, 6.07) is 2.79. The Labute approximate surface area is 79.1 Å². The molecule has 1 aromatic carbocycles. The SMILES string of the molecule is CNC(=O)c1c(F)ccc2[nH]ncc12. The van der Waals surface area contributed by atoms with Crippen molar-refractivity contribution in [3.05, 3.63) is 29.7 Å². The number of H-pyrrole nitrogens is 1. The summed E-state index contributed by atoms with van der Waals surface area (Å²) in [5, 5.41) is 9.29. The predicted molar refractivity (Wildman–Crippen MR) is 49.4 cm³/mol. The van der Waals surface area contributed by atoms with Crippen molar-refractivity contribution >= 4 is 16.8 Å². The molecule has 0 saturated heterocycles. The fraction of sp³-hybridized carbons (Fsp3) is 0.111. The lowest BCUT2D eigenvalue weighted by Gasteiger charge is -2.02. The molecular formula is C9H8FN3O. The van der Waals surface area contributed by atoms with Crippen molar-refractivity contribution in [2.24, 2.45) is 0 Å². The van der Waals surface area contributed by atoms with Gasteiger partial charge in [-0.2, -0.15) is 5.10 Å². The monoisotopic (exact) mass is 193 g/mol. The highest BCUT2D eigenvalue weighted by Gasteiger charge is 2.14. The van der Waals surface area contributed by atoms with Crippen molar-refractivity contribution in [2.75, 3.05) is 7.05 Å². The van der Waals surface area contributed by atoms with Gasteiger partial charge in [0.25, 0.3) is 5.91 Å². The minimum atomic E-state index is -0.543. The van der Waals surface area contributed by atoms with Crippen LogP contribution in [0.3, 0.4) is 0 Å². The van der Waals surface area contributed by atoms with Crippen LogP contribution in [0.25, 0.3) is 10.9 Å². The van der Waals surface area contributed by atoms with Gasteiger partial charge in [0.15, 0.2) is 0 Å². The van der Waals surface area contributed by atoms with Crippen LogP contribution in [-0.4, -0.2) is 23.2 Å². The third-order valence-electron chi connectivity index (χ3n) is 2.03. The van der Waals surface area contributed by atoms with Crippen LogP contribution in [0.1, 0.15) is 10.4 Å². The maximum atomic E-state index is 13.3. The van der Waals surface area contributed by atoms with Gasteiger partial charge in [0.2, 0.25) is 0 Å². The zero-order chi connectivity index (χ0) is 10.1. The van der Waals surface area contributed by atoms with E-state index in [-0.39, 0.29) is 5.56 Å². The van der Waals surface area contributed by atoms with Gasteiger partial charge in [0.1, 0.15) is 5.82 Å². The number of benzene rings is 1. The molecule has 2 aromatic rings. The average molecular weight is 193 g/mol. The highest BCUT2D eigenvalue weighted by Crippen LogP contribution is 2.19. The quantitative estimate of drug-likeness (QED) is 0.711. The van der Waals surface area contributed by atoms with E-state index < -0.39 is 11.7 Å². The second kappa shape index (κ2) is 3.10.